The average Bonchev–Trinajstić information content (AvgIpc) is 2.67. The first-order valence-corrected chi connectivity index (χ1v) is 8.49. The molecule has 142 valence electrons. The predicted octanol–water partition coefficient (Wildman–Crippen LogP) is 3.89. The number of Topliss-reactive ketones (excluding diaryl/α,β-unsaturated/α-hetero) is 1. The molecular formula is C21H16ClFN2O3. The summed E-state index contributed by atoms with van der Waals surface area (Å²) in [5.74, 6) is -1.97. The van der Waals surface area contributed by atoms with Gasteiger partial charge in [-0.25, -0.2) is 9.18 Å². The molecule has 0 aliphatic carbocycles. The van der Waals surface area contributed by atoms with Crippen LogP contribution in [0.4, 0.5) is 4.39 Å². The topological polar surface area (TPSA) is 93.2 Å². The van der Waals surface area contributed by atoms with E-state index in [0.29, 0.717) is 16.1 Å². The molecule has 0 aliphatic heterocycles. The van der Waals surface area contributed by atoms with Crippen LogP contribution in [0.5, 0.6) is 0 Å². The molecule has 0 bridgehead atoms. The van der Waals surface area contributed by atoms with Gasteiger partial charge in [-0.3, -0.25) is 4.79 Å². The maximum atomic E-state index is 13.2. The Morgan fingerprint density at radius 3 is 2.32 bits per heavy atom. The summed E-state index contributed by atoms with van der Waals surface area (Å²) in [4.78, 5) is 24.6. The van der Waals surface area contributed by atoms with Crippen LogP contribution in [-0.4, -0.2) is 18.4 Å². The van der Waals surface area contributed by atoms with Gasteiger partial charge in [-0.1, -0.05) is 35.9 Å². The van der Waals surface area contributed by atoms with E-state index in [0.717, 1.165) is 0 Å². The summed E-state index contributed by atoms with van der Waals surface area (Å²) in [6.45, 7) is 0.762. The number of benzene rings is 2. The lowest BCUT2D eigenvalue weighted by atomic mass is 10.0. The Bertz CT molecular complexity index is 984. The summed E-state index contributed by atoms with van der Waals surface area (Å²) < 4.78 is 18.3. The van der Waals surface area contributed by atoms with Crippen LogP contribution in [0.1, 0.15) is 18.1 Å². The van der Waals surface area contributed by atoms with Crippen molar-refractivity contribution in [2.75, 3.05) is 6.61 Å². The van der Waals surface area contributed by atoms with Crippen LogP contribution in [0.2, 0.25) is 5.02 Å². The predicted molar refractivity (Wildman–Crippen MR) is 104 cm³/mol. The maximum Gasteiger partial charge on any atom is 0.339 e. The highest BCUT2D eigenvalue weighted by atomic mass is 35.5. The standard InChI is InChI=1S/C21H16ClFN2O3/c1-13(25)19(11-24)20(26)12-28-21(27)18(15-4-8-17(23)9-5-15)10-14-2-6-16(22)7-3-14/h2-10H,12,25H2,1H3/b18-10+,19-13+. The minimum atomic E-state index is -0.804. The number of nitriles is 1. The van der Waals surface area contributed by atoms with E-state index in [9.17, 15) is 14.0 Å². The summed E-state index contributed by atoms with van der Waals surface area (Å²) in [5.41, 5.74) is 6.42. The molecule has 2 aromatic carbocycles. The SMILES string of the molecule is C/C(N)=C(/C#N)C(=O)COC(=O)/C(=C/c1ccc(Cl)cc1)c1ccc(F)cc1. The third-order valence-corrected chi connectivity index (χ3v) is 3.93. The largest absolute Gasteiger partial charge is 0.454 e. The van der Waals surface area contributed by atoms with Crippen LogP contribution in [0.3, 0.4) is 0 Å². The van der Waals surface area contributed by atoms with E-state index in [2.05, 4.69) is 0 Å². The summed E-state index contributed by atoms with van der Waals surface area (Å²) in [6, 6.07) is 13.6. The molecule has 2 N–H and O–H groups in total. The number of hydrogen-bond acceptors (Lipinski definition) is 5. The first-order chi connectivity index (χ1) is 13.3. The highest BCUT2D eigenvalue weighted by molar-refractivity contribution is 6.30. The van der Waals surface area contributed by atoms with Crippen molar-refractivity contribution in [1.82, 2.24) is 0 Å². The average molecular weight is 399 g/mol. The lowest BCUT2D eigenvalue weighted by Crippen LogP contribution is -2.18. The first-order valence-electron chi connectivity index (χ1n) is 8.11. The van der Waals surface area contributed by atoms with Crippen LogP contribution in [-0.2, 0) is 14.3 Å². The number of halogens is 2. The van der Waals surface area contributed by atoms with E-state index in [-0.39, 0.29) is 16.8 Å². The van der Waals surface area contributed by atoms with Crippen LogP contribution < -0.4 is 5.73 Å². The Hall–Kier alpha value is -3.43. The number of nitrogens with zero attached hydrogens (tertiary/aromatic N) is 1. The molecule has 0 heterocycles. The molecule has 0 radical (unpaired) electrons. The molecule has 0 amide bonds. The second-order valence-corrected chi connectivity index (χ2v) is 6.22. The van der Waals surface area contributed by atoms with Gasteiger partial charge in [0.1, 0.15) is 17.5 Å². The van der Waals surface area contributed by atoms with Crippen molar-refractivity contribution in [2.24, 2.45) is 5.73 Å². The molecular weight excluding hydrogens is 383 g/mol. The number of carbonyl (C=O) groups excluding carboxylic acids is 2. The van der Waals surface area contributed by atoms with Gasteiger partial charge in [-0.15, -0.1) is 0 Å². The van der Waals surface area contributed by atoms with Gasteiger partial charge in [0.25, 0.3) is 0 Å². The van der Waals surface area contributed by atoms with E-state index in [1.54, 1.807) is 30.3 Å². The Balaban J connectivity index is 2.31. The lowest BCUT2D eigenvalue weighted by molar-refractivity contribution is -0.140. The van der Waals surface area contributed by atoms with Gasteiger partial charge in [0, 0.05) is 10.7 Å². The molecule has 0 unspecified atom stereocenters. The zero-order chi connectivity index (χ0) is 20.7. The molecule has 0 spiro atoms. The zero-order valence-electron chi connectivity index (χ0n) is 14.9. The van der Waals surface area contributed by atoms with Crippen LogP contribution in [0, 0.1) is 17.1 Å². The van der Waals surface area contributed by atoms with E-state index in [1.165, 1.54) is 37.3 Å². The highest BCUT2D eigenvalue weighted by Gasteiger charge is 2.18. The minimum absolute atomic E-state index is 0.0408. The molecule has 2 aromatic rings. The van der Waals surface area contributed by atoms with E-state index < -0.39 is 24.2 Å². The van der Waals surface area contributed by atoms with Crippen LogP contribution in [0.15, 0.2) is 59.8 Å². The van der Waals surface area contributed by atoms with Gasteiger partial charge in [-0.05, 0) is 48.4 Å². The number of ketones is 1. The third-order valence-electron chi connectivity index (χ3n) is 3.68. The monoisotopic (exact) mass is 398 g/mol. The minimum Gasteiger partial charge on any atom is -0.454 e. The molecule has 5 nitrogen and oxygen atoms in total. The van der Waals surface area contributed by atoms with Gasteiger partial charge in [0.15, 0.2) is 6.61 Å². The number of hydrogen-bond donors (Lipinski definition) is 1. The van der Waals surface area contributed by atoms with Crippen molar-refractivity contribution in [2.45, 2.75) is 6.92 Å². The Morgan fingerprint density at radius 2 is 1.79 bits per heavy atom. The van der Waals surface area contributed by atoms with E-state index in [4.69, 9.17) is 27.3 Å². The summed E-state index contributed by atoms with van der Waals surface area (Å²) >= 11 is 5.87. The fourth-order valence-corrected chi connectivity index (χ4v) is 2.39. The molecule has 28 heavy (non-hydrogen) atoms. The number of ether oxygens (including phenoxy) is 1. The van der Waals surface area contributed by atoms with Crippen molar-refractivity contribution in [3.05, 3.63) is 81.8 Å². The third kappa shape index (κ3) is 5.53. The van der Waals surface area contributed by atoms with Crippen molar-refractivity contribution >= 4 is 35.0 Å². The molecule has 0 aliphatic rings. The number of allylic oxidation sites excluding steroid dienone is 1. The summed E-state index contributed by atoms with van der Waals surface area (Å²) in [7, 11) is 0. The van der Waals surface area contributed by atoms with Crippen molar-refractivity contribution in [3.63, 3.8) is 0 Å². The molecule has 2 rings (SSSR count). The number of carbonyl (C=O) groups is 2. The zero-order valence-corrected chi connectivity index (χ0v) is 15.7. The van der Waals surface area contributed by atoms with Gasteiger partial charge in [-0.2, -0.15) is 5.26 Å². The van der Waals surface area contributed by atoms with Gasteiger partial charge in [0.2, 0.25) is 5.78 Å². The van der Waals surface area contributed by atoms with Gasteiger partial charge in [0.05, 0.1) is 5.57 Å². The first kappa shape index (κ1) is 20.9. The summed E-state index contributed by atoms with van der Waals surface area (Å²) in [6.07, 6.45) is 1.53. The smallest absolute Gasteiger partial charge is 0.339 e. The summed E-state index contributed by atoms with van der Waals surface area (Å²) in [5, 5.41) is 9.48. The molecule has 0 saturated carbocycles. The van der Waals surface area contributed by atoms with Crippen LogP contribution in [0.25, 0.3) is 11.6 Å². The number of esters is 1. The Morgan fingerprint density at radius 1 is 1.18 bits per heavy atom. The Kier molecular flexibility index (Phi) is 7.08. The second-order valence-electron chi connectivity index (χ2n) is 5.79. The quantitative estimate of drug-likeness (QED) is 0.345. The lowest BCUT2D eigenvalue weighted by Gasteiger charge is -2.09. The normalized spacial score (nSPS) is 12.0. The number of rotatable bonds is 6. The molecule has 7 heteroatoms. The number of nitrogens with two attached hydrogens (primary N) is 1. The second kappa shape index (κ2) is 9.49. The van der Waals surface area contributed by atoms with Crippen molar-refractivity contribution < 1.29 is 18.7 Å². The van der Waals surface area contributed by atoms with Gasteiger partial charge < -0.3 is 10.5 Å². The van der Waals surface area contributed by atoms with Crippen molar-refractivity contribution in [1.29, 1.82) is 5.26 Å². The van der Waals surface area contributed by atoms with E-state index >= 15 is 0 Å². The van der Waals surface area contributed by atoms with Gasteiger partial charge >= 0.3 is 5.97 Å². The van der Waals surface area contributed by atoms with Crippen LogP contribution >= 0.6 is 11.6 Å². The fraction of sp³-hybridized carbons (Fsp3) is 0.0952. The Labute approximate surface area is 166 Å². The molecule has 0 fully saturated rings. The maximum absolute atomic E-state index is 13.2. The van der Waals surface area contributed by atoms with Crippen molar-refractivity contribution in [3.8, 4) is 6.07 Å². The molecule has 0 atom stereocenters. The fourth-order valence-electron chi connectivity index (χ4n) is 2.27. The molecule has 0 saturated heterocycles. The highest BCUT2D eigenvalue weighted by Crippen LogP contribution is 2.22. The molecule has 0 aromatic heterocycles. The van der Waals surface area contributed by atoms with E-state index in [1.807, 2.05) is 0 Å².